The van der Waals surface area contributed by atoms with Crippen LogP contribution in [-0.2, 0) is 15.8 Å². The molecule has 0 heterocycles. The van der Waals surface area contributed by atoms with Crippen molar-refractivity contribution in [2.24, 2.45) is 0 Å². The van der Waals surface area contributed by atoms with Gasteiger partial charge in [-0.2, -0.15) is 13.2 Å². The van der Waals surface area contributed by atoms with Gasteiger partial charge in [-0.1, -0.05) is 11.6 Å². The van der Waals surface area contributed by atoms with Gasteiger partial charge in [-0.15, -0.1) is 0 Å². The van der Waals surface area contributed by atoms with Gasteiger partial charge < -0.3 is 15.5 Å². The van der Waals surface area contributed by atoms with Crippen LogP contribution in [0.3, 0.4) is 0 Å². The zero-order valence-electron chi connectivity index (χ0n) is 15.2. The Morgan fingerprint density at radius 3 is 2.19 bits per heavy atom. The molecule has 1 rings (SSSR count). The molecule has 0 saturated heterocycles. The van der Waals surface area contributed by atoms with E-state index in [1.54, 1.807) is 0 Å². The van der Waals surface area contributed by atoms with Crippen LogP contribution in [0.15, 0.2) is 18.2 Å². The van der Waals surface area contributed by atoms with E-state index >= 15 is 0 Å². The average molecular weight is 395 g/mol. The van der Waals surface area contributed by atoms with Crippen molar-refractivity contribution in [3.05, 3.63) is 28.8 Å². The lowest BCUT2D eigenvalue weighted by molar-refractivity contribution is -0.881. The normalized spacial score (nSPS) is 13.2. The monoisotopic (exact) mass is 394 g/mol. The van der Waals surface area contributed by atoms with Crippen LogP contribution in [0.25, 0.3) is 0 Å². The third-order valence-corrected chi connectivity index (χ3v) is 3.72. The molecule has 0 saturated carbocycles. The lowest BCUT2D eigenvalue weighted by Crippen LogP contribution is -3.14. The molecule has 1 aromatic carbocycles. The van der Waals surface area contributed by atoms with Crippen LogP contribution in [0.1, 0.15) is 33.3 Å². The predicted octanol–water partition coefficient (Wildman–Crippen LogP) is 2.12. The molecule has 0 aliphatic rings. The SMILES string of the molecule is CC[NH+](CC(=O)Nc1ccc(Cl)c(C(F)(F)F)c1)CC(=O)NC(C)(C)C. The van der Waals surface area contributed by atoms with Gasteiger partial charge >= 0.3 is 6.18 Å². The molecule has 1 atom stereocenters. The summed E-state index contributed by atoms with van der Waals surface area (Å²) in [4.78, 5) is 24.8. The number of anilines is 1. The van der Waals surface area contributed by atoms with Crippen molar-refractivity contribution in [3.8, 4) is 0 Å². The van der Waals surface area contributed by atoms with Crippen LogP contribution in [0, 0.1) is 0 Å². The molecular weight excluding hydrogens is 371 g/mol. The molecule has 0 bridgehead atoms. The first-order valence-corrected chi connectivity index (χ1v) is 8.51. The number of halogens is 4. The minimum atomic E-state index is -4.61. The maximum absolute atomic E-state index is 12.9. The van der Waals surface area contributed by atoms with Crippen molar-refractivity contribution in [2.45, 2.75) is 39.4 Å². The molecule has 0 spiro atoms. The van der Waals surface area contributed by atoms with E-state index in [0.717, 1.165) is 12.1 Å². The van der Waals surface area contributed by atoms with E-state index in [2.05, 4.69) is 10.6 Å². The van der Waals surface area contributed by atoms with Crippen molar-refractivity contribution in [1.82, 2.24) is 5.32 Å². The van der Waals surface area contributed by atoms with Crippen molar-refractivity contribution < 1.29 is 27.7 Å². The van der Waals surface area contributed by atoms with Crippen molar-refractivity contribution >= 4 is 29.1 Å². The van der Waals surface area contributed by atoms with Gasteiger partial charge in [0.25, 0.3) is 11.8 Å². The van der Waals surface area contributed by atoms with E-state index in [9.17, 15) is 22.8 Å². The van der Waals surface area contributed by atoms with Gasteiger partial charge in [-0.25, -0.2) is 0 Å². The summed E-state index contributed by atoms with van der Waals surface area (Å²) < 4.78 is 38.6. The number of alkyl halides is 3. The highest BCUT2D eigenvalue weighted by molar-refractivity contribution is 6.31. The van der Waals surface area contributed by atoms with Crippen molar-refractivity contribution in [1.29, 1.82) is 0 Å². The van der Waals surface area contributed by atoms with Crippen LogP contribution in [0.4, 0.5) is 18.9 Å². The fourth-order valence-electron chi connectivity index (χ4n) is 2.25. The Hall–Kier alpha value is -1.80. The van der Waals surface area contributed by atoms with E-state index in [0.29, 0.717) is 11.4 Å². The van der Waals surface area contributed by atoms with E-state index in [-0.39, 0.29) is 30.2 Å². The number of benzene rings is 1. The fraction of sp³-hybridized carbons (Fsp3) is 0.529. The molecule has 1 unspecified atom stereocenters. The molecule has 9 heteroatoms. The fourth-order valence-corrected chi connectivity index (χ4v) is 2.48. The zero-order chi connectivity index (χ0) is 20.1. The highest BCUT2D eigenvalue weighted by Gasteiger charge is 2.33. The number of rotatable bonds is 6. The predicted molar refractivity (Wildman–Crippen MR) is 94.2 cm³/mol. The van der Waals surface area contributed by atoms with E-state index in [1.165, 1.54) is 6.07 Å². The number of carbonyl (C=O) groups excluding carboxylic acids is 2. The maximum atomic E-state index is 12.9. The summed E-state index contributed by atoms with van der Waals surface area (Å²) >= 11 is 5.55. The minimum Gasteiger partial charge on any atom is -0.347 e. The minimum absolute atomic E-state index is 0.00122. The van der Waals surface area contributed by atoms with Crippen LogP contribution in [0.2, 0.25) is 5.02 Å². The first kappa shape index (κ1) is 22.2. The molecule has 2 amide bonds. The highest BCUT2D eigenvalue weighted by atomic mass is 35.5. The third-order valence-electron chi connectivity index (χ3n) is 3.39. The molecule has 26 heavy (non-hydrogen) atoms. The van der Waals surface area contributed by atoms with Crippen LogP contribution in [0.5, 0.6) is 0 Å². The number of likely N-dealkylation sites (N-methyl/N-ethyl adjacent to an activating group) is 1. The first-order chi connectivity index (χ1) is 11.8. The number of hydrogen-bond acceptors (Lipinski definition) is 2. The lowest BCUT2D eigenvalue weighted by Gasteiger charge is -2.23. The van der Waals surface area contributed by atoms with Gasteiger partial charge in [0.15, 0.2) is 13.1 Å². The zero-order valence-corrected chi connectivity index (χ0v) is 15.9. The summed E-state index contributed by atoms with van der Waals surface area (Å²) in [7, 11) is 0. The molecule has 0 aromatic heterocycles. The van der Waals surface area contributed by atoms with Crippen LogP contribution < -0.4 is 15.5 Å². The summed E-state index contributed by atoms with van der Waals surface area (Å²) in [6, 6.07) is 3.17. The standard InChI is InChI=1S/C17H23ClF3N3O2/c1-5-24(10-15(26)23-16(2,3)4)9-14(25)22-11-6-7-13(18)12(8-11)17(19,20)21/h6-8H,5,9-10H2,1-4H3,(H,22,25)(H,23,26)/p+1. The Kier molecular flexibility index (Phi) is 7.46. The summed E-state index contributed by atoms with van der Waals surface area (Å²) in [5.74, 6) is -0.686. The number of nitrogens with one attached hydrogen (secondary N) is 3. The van der Waals surface area contributed by atoms with E-state index in [1.807, 2.05) is 27.7 Å². The molecule has 146 valence electrons. The Morgan fingerprint density at radius 2 is 1.69 bits per heavy atom. The number of hydrogen-bond donors (Lipinski definition) is 3. The molecule has 5 nitrogen and oxygen atoms in total. The van der Waals surface area contributed by atoms with Gasteiger partial charge in [-0.3, -0.25) is 9.59 Å². The Labute approximate surface area is 155 Å². The van der Waals surface area contributed by atoms with Crippen LogP contribution in [-0.4, -0.2) is 37.0 Å². The number of carbonyl (C=O) groups is 2. The quantitative estimate of drug-likeness (QED) is 0.692. The smallest absolute Gasteiger partial charge is 0.347 e. The van der Waals surface area contributed by atoms with Crippen LogP contribution >= 0.6 is 11.6 Å². The average Bonchev–Trinajstić information content (AvgIpc) is 2.45. The second-order valence-corrected chi connectivity index (χ2v) is 7.40. The molecule has 0 radical (unpaired) electrons. The lowest BCUT2D eigenvalue weighted by atomic mass is 10.1. The highest BCUT2D eigenvalue weighted by Crippen LogP contribution is 2.36. The molecule has 0 fully saturated rings. The second kappa shape index (κ2) is 8.73. The number of quaternary nitrogens is 1. The Morgan fingerprint density at radius 1 is 1.12 bits per heavy atom. The van der Waals surface area contributed by atoms with Gasteiger partial charge in [0.1, 0.15) is 0 Å². The van der Waals surface area contributed by atoms with Crippen molar-refractivity contribution in [2.75, 3.05) is 25.0 Å². The van der Waals surface area contributed by atoms with Gasteiger partial charge in [0.05, 0.1) is 17.1 Å². The molecule has 0 aliphatic carbocycles. The van der Waals surface area contributed by atoms with Crippen molar-refractivity contribution in [3.63, 3.8) is 0 Å². The number of amides is 2. The topological polar surface area (TPSA) is 62.6 Å². The maximum Gasteiger partial charge on any atom is 0.417 e. The first-order valence-electron chi connectivity index (χ1n) is 8.13. The Bertz CT molecular complexity index is 658. The van der Waals surface area contributed by atoms with E-state index in [4.69, 9.17) is 11.6 Å². The summed E-state index contributed by atoms with van der Waals surface area (Å²) in [5, 5.41) is 4.79. The Balaban J connectivity index is 2.71. The summed E-state index contributed by atoms with van der Waals surface area (Å²) in [6.45, 7) is 7.93. The summed E-state index contributed by atoms with van der Waals surface area (Å²) in [6.07, 6.45) is -4.61. The largest absolute Gasteiger partial charge is 0.417 e. The van der Waals surface area contributed by atoms with Gasteiger partial charge in [-0.05, 0) is 45.9 Å². The summed E-state index contributed by atoms with van der Waals surface area (Å²) in [5.41, 5.74) is -1.39. The molecule has 1 aromatic rings. The van der Waals surface area contributed by atoms with E-state index < -0.39 is 22.7 Å². The molecular formula is C17H24ClF3N3O2+. The molecule has 3 N–H and O–H groups in total. The second-order valence-electron chi connectivity index (χ2n) is 7.00. The third kappa shape index (κ3) is 7.61. The van der Waals surface area contributed by atoms with Gasteiger partial charge in [0, 0.05) is 11.2 Å². The van der Waals surface area contributed by atoms with Gasteiger partial charge in [0.2, 0.25) is 0 Å². The molecule has 0 aliphatic heterocycles.